The van der Waals surface area contributed by atoms with Gasteiger partial charge in [0, 0.05) is 18.5 Å². The van der Waals surface area contributed by atoms with E-state index in [0.717, 1.165) is 49.1 Å². The fourth-order valence-corrected chi connectivity index (χ4v) is 3.19. The van der Waals surface area contributed by atoms with Gasteiger partial charge < -0.3 is 10.0 Å². The molecule has 0 fully saturated rings. The summed E-state index contributed by atoms with van der Waals surface area (Å²) in [5.74, 6) is 1.75. The molecule has 26 heavy (non-hydrogen) atoms. The molecule has 4 nitrogen and oxygen atoms in total. The first-order valence-corrected chi connectivity index (χ1v) is 9.45. The van der Waals surface area contributed by atoms with E-state index in [4.69, 9.17) is 9.97 Å². The molecule has 3 rings (SSSR count). The average Bonchev–Trinajstić information content (AvgIpc) is 2.64. The number of phenols is 1. The molecule has 0 aliphatic carbocycles. The highest BCUT2D eigenvalue weighted by molar-refractivity contribution is 5.91. The highest BCUT2D eigenvalue weighted by atomic mass is 16.3. The monoisotopic (exact) mass is 349 g/mol. The van der Waals surface area contributed by atoms with Gasteiger partial charge in [-0.3, -0.25) is 0 Å². The van der Waals surface area contributed by atoms with Gasteiger partial charge in [0.25, 0.3) is 0 Å². The number of hydrogen-bond donors (Lipinski definition) is 1. The Balaban J connectivity index is 2.20. The first-order chi connectivity index (χ1) is 12.6. The van der Waals surface area contributed by atoms with Gasteiger partial charge in [-0.2, -0.15) is 0 Å². The van der Waals surface area contributed by atoms with Crippen molar-refractivity contribution in [3.05, 3.63) is 48.0 Å². The first-order valence-electron chi connectivity index (χ1n) is 9.45. The van der Waals surface area contributed by atoms with Crippen molar-refractivity contribution >= 4 is 16.7 Å². The summed E-state index contributed by atoms with van der Waals surface area (Å²) in [4.78, 5) is 12.0. The third kappa shape index (κ3) is 3.79. The van der Waals surface area contributed by atoms with Gasteiger partial charge >= 0.3 is 0 Å². The summed E-state index contributed by atoms with van der Waals surface area (Å²) in [6, 6.07) is 13.6. The van der Waals surface area contributed by atoms with Crippen LogP contribution in [0, 0.1) is 6.92 Å². The highest BCUT2D eigenvalue weighted by Crippen LogP contribution is 2.32. The lowest BCUT2D eigenvalue weighted by Gasteiger charge is -2.25. The number of aromatic nitrogens is 2. The van der Waals surface area contributed by atoms with Crippen molar-refractivity contribution in [2.45, 2.75) is 40.0 Å². The SMILES string of the molecule is CCCCN(CCC)c1nc(-c2ccccc2O)nc2cc(C)ccc12. The van der Waals surface area contributed by atoms with Crippen LogP contribution in [0.15, 0.2) is 42.5 Å². The number of phenolic OH excluding ortho intramolecular Hbond substituents is 1. The van der Waals surface area contributed by atoms with E-state index in [1.54, 1.807) is 6.07 Å². The van der Waals surface area contributed by atoms with Gasteiger partial charge in [-0.05, 0) is 49.6 Å². The van der Waals surface area contributed by atoms with E-state index < -0.39 is 0 Å². The van der Waals surface area contributed by atoms with Gasteiger partial charge in [0.15, 0.2) is 5.82 Å². The number of aryl methyl sites for hydroxylation is 1. The van der Waals surface area contributed by atoms with Crippen molar-refractivity contribution in [1.29, 1.82) is 0 Å². The van der Waals surface area contributed by atoms with Crippen LogP contribution in [0.3, 0.4) is 0 Å². The topological polar surface area (TPSA) is 49.2 Å². The van der Waals surface area contributed by atoms with Crippen molar-refractivity contribution in [2.24, 2.45) is 0 Å². The molecule has 1 N–H and O–H groups in total. The van der Waals surface area contributed by atoms with Crippen LogP contribution in [-0.4, -0.2) is 28.2 Å². The second kappa shape index (κ2) is 8.17. The smallest absolute Gasteiger partial charge is 0.165 e. The maximum Gasteiger partial charge on any atom is 0.165 e. The van der Waals surface area contributed by atoms with E-state index in [9.17, 15) is 5.11 Å². The lowest BCUT2D eigenvalue weighted by atomic mass is 10.1. The molecule has 3 aromatic rings. The zero-order valence-corrected chi connectivity index (χ0v) is 15.9. The molecular formula is C22H27N3O. The van der Waals surface area contributed by atoms with Gasteiger partial charge in [0.2, 0.25) is 0 Å². The van der Waals surface area contributed by atoms with Crippen molar-refractivity contribution in [1.82, 2.24) is 9.97 Å². The third-order valence-corrected chi connectivity index (χ3v) is 4.55. The van der Waals surface area contributed by atoms with E-state index in [1.165, 1.54) is 5.56 Å². The molecule has 0 spiro atoms. The summed E-state index contributed by atoms with van der Waals surface area (Å²) < 4.78 is 0. The molecule has 2 aromatic carbocycles. The van der Waals surface area contributed by atoms with Crippen LogP contribution in [0.25, 0.3) is 22.3 Å². The van der Waals surface area contributed by atoms with Crippen LogP contribution in [-0.2, 0) is 0 Å². The van der Waals surface area contributed by atoms with Gasteiger partial charge in [-0.1, -0.05) is 38.5 Å². The second-order valence-corrected chi connectivity index (χ2v) is 6.75. The maximum absolute atomic E-state index is 10.3. The number of benzene rings is 2. The fraction of sp³-hybridized carbons (Fsp3) is 0.364. The summed E-state index contributed by atoms with van der Waals surface area (Å²) in [6.07, 6.45) is 3.34. The Morgan fingerprint density at radius 3 is 2.50 bits per heavy atom. The molecule has 0 amide bonds. The number of fused-ring (bicyclic) bond motifs is 1. The zero-order chi connectivity index (χ0) is 18.5. The molecule has 4 heteroatoms. The molecule has 0 atom stereocenters. The lowest BCUT2D eigenvalue weighted by Crippen LogP contribution is -2.26. The number of aromatic hydroxyl groups is 1. The van der Waals surface area contributed by atoms with Gasteiger partial charge in [-0.15, -0.1) is 0 Å². The average molecular weight is 349 g/mol. The molecule has 1 aromatic heterocycles. The largest absolute Gasteiger partial charge is 0.507 e. The van der Waals surface area contributed by atoms with Gasteiger partial charge in [-0.25, -0.2) is 9.97 Å². The summed E-state index contributed by atoms with van der Waals surface area (Å²) in [5.41, 5.74) is 2.76. The quantitative estimate of drug-likeness (QED) is 0.626. The van der Waals surface area contributed by atoms with Crippen LogP contribution in [0.2, 0.25) is 0 Å². The zero-order valence-electron chi connectivity index (χ0n) is 15.9. The van der Waals surface area contributed by atoms with Crippen LogP contribution in [0.4, 0.5) is 5.82 Å². The second-order valence-electron chi connectivity index (χ2n) is 6.75. The van der Waals surface area contributed by atoms with E-state index >= 15 is 0 Å². The predicted octanol–water partition coefficient (Wildman–Crippen LogP) is 5.33. The van der Waals surface area contributed by atoms with E-state index in [1.807, 2.05) is 18.2 Å². The van der Waals surface area contributed by atoms with Crippen molar-refractivity contribution < 1.29 is 5.11 Å². The number of nitrogens with zero attached hydrogens (tertiary/aromatic N) is 3. The van der Waals surface area contributed by atoms with Crippen molar-refractivity contribution in [3.63, 3.8) is 0 Å². The molecule has 0 saturated carbocycles. The summed E-state index contributed by atoms with van der Waals surface area (Å²) in [7, 11) is 0. The maximum atomic E-state index is 10.3. The van der Waals surface area contributed by atoms with E-state index in [-0.39, 0.29) is 5.75 Å². The van der Waals surface area contributed by atoms with Crippen LogP contribution in [0.1, 0.15) is 38.7 Å². The fourth-order valence-electron chi connectivity index (χ4n) is 3.19. The van der Waals surface area contributed by atoms with Crippen molar-refractivity contribution in [2.75, 3.05) is 18.0 Å². The molecule has 0 unspecified atom stereocenters. The number of rotatable bonds is 7. The summed E-state index contributed by atoms with van der Waals surface area (Å²) in [6.45, 7) is 8.40. The Kier molecular flexibility index (Phi) is 5.71. The van der Waals surface area contributed by atoms with Crippen molar-refractivity contribution in [3.8, 4) is 17.1 Å². The van der Waals surface area contributed by atoms with E-state index in [0.29, 0.717) is 11.4 Å². The Morgan fingerprint density at radius 1 is 0.962 bits per heavy atom. The lowest BCUT2D eigenvalue weighted by molar-refractivity contribution is 0.477. The molecule has 0 radical (unpaired) electrons. The Labute approximate surface area is 155 Å². The molecular weight excluding hydrogens is 322 g/mol. The normalized spacial score (nSPS) is 11.0. The van der Waals surface area contributed by atoms with Gasteiger partial charge in [0.1, 0.15) is 11.6 Å². The molecule has 0 bridgehead atoms. The molecule has 0 aliphatic rings. The predicted molar refractivity (Wildman–Crippen MR) is 109 cm³/mol. The molecule has 136 valence electrons. The van der Waals surface area contributed by atoms with Crippen LogP contribution in [0.5, 0.6) is 5.75 Å². The summed E-state index contributed by atoms with van der Waals surface area (Å²) in [5, 5.41) is 11.3. The van der Waals surface area contributed by atoms with Gasteiger partial charge in [0.05, 0.1) is 11.1 Å². The minimum atomic E-state index is 0.209. The number of unbranched alkanes of at least 4 members (excludes halogenated alkanes) is 1. The number of para-hydroxylation sites is 1. The Bertz CT molecular complexity index is 892. The van der Waals surface area contributed by atoms with Crippen LogP contribution >= 0.6 is 0 Å². The first kappa shape index (κ1) is 18.2. The minimum Gasteiger partial charge on any atom is -0.507 e. The number of hydrogen-bond acceptors (Lipinski definition) is 4. The summed E-state index contributed by atoms with van der Waals surface area (Å²) >= 11 is 0. The Hall–Kier alpha value is -2.62. The molecule has 0 aliphatic heterocycles. The third-order valence-electron chi connectivity index (χ3n) is 4.55. The highest BCUT2D eigenvalue weighted by Gasteiger charge is 2.16. The molecule has 1 heterocycles. The van der Waals surface area contributed by atoms with E-state index in [2.05, 4.69) is 43.9 Å². The van der Waals surface area contributed by atoms with Crippen LogP contribution < -0.4 is 4.90 Å². The minimum absolute atomic E-state index is 0.209. The Morgan fingerprint density at radius 2 is 1.77 bits per heavy atom. The number of anilines is 1. The standard InChI is InChI=1S/C22H27N3O/c1-4-6-14-25(13-5-2)22-17-12-11-16(3)15-19(17)23-21(24-22)18-9-7-8-10-20(18)26/h7-12,15,26H,4-6,13-14H2,1-3H3. The molecule has 0 saturated heterocycles.